The molecule has 0 spiro atoms. The van der Waals surface area contributed by atoms with Crippen molar-refractivity contribution < 1.29 is 5.11 Å². The zero-order valence-corrected chi connectivity index (χ0v) is 22.6. The zero-order valence-electron chi connectivity index (χ0n) is 22.6. The molecule has 0 saturated heterocycles. The van der Waals surface area contributed by atoms with Gasteiger partial charge in [0.1, 0.15) is 0 Å². The molecular weight excluding hydrogens is 412 g/mol. The number of aliphatic hydroxyl groups is 1. The van der Waals surface area contributed by atoms with Gasteiger partial charge in [-0.05, 0) is 76.4 Å². The van der Waals surface area contributed by atoms with Gasteiger partial charge in [0.25, 0.3) is 0 Å². The van der Waals surface area contributed by atoms with Crippen LogP contribution < -0.4 is 0 Å². The molecule has 184 valence electrons. The summed E-state index contributed by atoms with van der Waals surface area (Å²) in [5.74, 6) is 0.667. The SMILES string of the molecule is C=CCC1CCC(C)=C(/C=C/C(C)=C/C=C/C(C)=C/C=C/C=C(C)/C=C/C=C(\C)CO)C1(C)C. The third-order valence-electron chi connectivity index (χ3n) is 6.54. The van der Waals surface area contributed by atoms with Crippen molar-refractivity contribution in [2.45, 2.75) is 67.7 Å². The standard InChI is InChI=1S/C33H46O/c1-9-14-31-23-22-30(6)32(33(31,7)8)24-21-28(4)19-12-17-26(2)15-10-11-16-27(3)18-13-20-29(5)25-34/h9-13,15-21,24,31,34H,1,14,22-23,25H2,2-8H3/b11-10+,17-12+,18-13+,24-21+,26-15+,27-16+,28-19+,29-20+. The Labute approximate surface area is 209 Å². The molecule has 0 aromatic carbocycles. The number of hydrogen-bond donors (Lipinski definition) is 1. The van der Waals surface area contributed by atoms with E-state index in [-0.39, 0.29) is 12.0 Å². The van der Waals surface area contributed by atoms with Crippen molar-refractivity contribution in [1.29, 1.82) is 0 Å². The number of allylic oxidation sites excluding steroid dienone is 18. The topological polar surface area (TPSA) is 20.2 Å². The maximum atomic E-state index is 9.00. The fourth-order valence-electron chi connectivity index (χ4n) is 4.19. The monoisotopic (exact) mass is 458 g/mol. The molecule has 1 atom stereocenters. The van der Waals surface area contributed by atoms with E-state index in [2.05, 4.69) is 103 Å². The van der Waals surface area contributed by atoms with Gasteiger partial charge in [0.05, 0.1) is 6.61 Å². The van der Waals surface area contributed by atoms with E-state index >= 15 is 0 Å². The predicted octanol–water partition coefficient (Wildman–Crippen LogP) is 9.32. The summed E-state index contributed by atoms with van der Waals surface area (Å²) < 4.78 is 0. The number of aliphatic hydroxyl groups excluding tert-OH is 1. The van der Waals surface area contributed by atoms with Crippen molar-refractivity contribution in [2.24, 2.45) is 11.3 Å². The van der Waals surface area contributed by atoms with Gasteiger partial charge in [0, 0.05) is 0 Å². The van der Waals surface area contributed by atoms with Crippen LogP contribution in [0.5, 0.6) is 0 Å². The smallest absolute Gasteiger partial charge is 0.0642 e. The Bertz CT molecular complexity index is 949. The van der Waals surface area contributed by atoms with E-state index in [0.29, 0.717) is 5.92 Å². The van der Waals surface area contributed by atoms with Crippen molar-refractivity contribution in [1.82, 2.24) is 0 Å². The molecule has 1 aliphatic rings. The Hall–Kier alpha value is -2.64. The van der Waals surface area contributed by atoms with Gasteiger partial charge >= 0.3 is 0 Å². The Kier molecular flexibility index (Phi) is 13.2. The molecule has 0 bridgehead atoms. The molecular formula is C33H46O. The lowest BCUT2D eigenvalue weighted by Gasteiger charge is -2.40. The van der Waals surface area contributed by atoms with E-state index in [1.54, 1.807) is 0 Å². The minimum absolute atomic E-state index is 0.0993. The van der Waals surface area contributed by atoms with Crippen LogP contribution in [-0.2, 0) is 0 Å². The third-order valence-corrected chi connectivity index (χ3v) is 6.54. The van der Waals surface area contributed by atoms with Crippen molar-refractivity contribution in [2.75, 3.05) is 6.61 Å². The molecule has 1 heteroatoms. The van der Waals surface area contributed by atoms with Crippen molar-refractivity contribution >= 4 is 0 Å². The van der Waals surface area contributed by atoms with Crippen LogP contribution in [0, 0.1) is 11.3 Å². The first-order chi connectivity index (χ1) is 16.1. The first-order valence-electron chi connectivity index (χ1n) is 12.4. The summed E-state index contributed by atoms with van der Waals surface area (Å²) in [4.78, 5) is 0. The van der Waals surface area contributed by atoms with Crippen molar-refractivity contribution in [3.05, 3.63) is 119 Å². The molecule has 1 unspecified atom stereocenters. The molecule has 34 heavy (non-hydrogen) atoms. The van der Waals surface area contributed by atoms with Crippen LogP contribution in [0.25, 0.3) is 0 Å². The van der Waals surface area contributed by atoms with Crippen LogP contribution in [0.1, 0.15) is 67.7 Å². The Balaban J connectivity index is 2.73. The fraction of sp³-hybridized carbons (Fsp3) is 0.394. The lowest BCUT2D eigenvalue weighted by molar-refractivity contribution is 0.236. The molecule has 0 amide bonds. The minimum Gasteiger partial charge on any atom is -0.392 e. The Morgan fingerprint density at radius 3 is 1.97 bits per heavy atom. The van der Waals surface area contributed by atoms with E-state index in [1.807, 2.05) is 31.2 Å². The highest BCUT2D eigenvalue weighted by Gasteiger charge is 2.35. The zero-order chi connectivity index (χ0) is 25.6. The van der Waals surface area contributed by atoms with Crippen molar-refractivity contribution in [3.8, 4) is 0 Å². The molecule has 0 saturated carbocycles. The van der Waals surface area contributed by atoms with Gasteiger partial charge in [0.2, 0.25) is 0 Å². The average Bonchev–Trinajstić information content (AvgIpc) is 2.78. The van der Waals surface area contributed by atoms with E-state index in [0.717, 1.165) is 17.6 Å². The van der Waals surface area contributed by atoms with E-state index < -0.39 is 0 Å². The second kappa shape index (κ2) is 15.3. The minimum atomic E-state index is 0.0993. The molecule has 0 aromatic heterocycles. The molecule has 1 rings (SSSR count). The highest BCUT2D eigenvalue weighted by atomic mass is 16.3. The molecule has 0 heterocycles. The molecule has 0 radical (unpaired) electrons. The van der Waals surface area contributed by atoms with Gasteiger partial charge in [0.15, 0.2) is 0 Å². The summed E-state index contributed by atoms with van der Waals surface area (Å²) in [5, 5.41) is 9.00. The number of hydrogen-bond acceptors (Lipinski definition) is 1. The van der Waals surface area contributed by atoms with Crippen LogP contribution in [0.2, 0.25) is 0 Å². The normalized spacial score (nSPS) is 21.1. The van der Waals surface area contributed by atoms with Crippen LogP contribution in [0.15, 0.2) is 119 Å². The second-order valence-electron chi connectivity index (χ2n) is 10.0. The van der Waals surface area contributed by atoms with Gasteiger partial charge in [-0.15, -0.1) is 6.58 Å². The highest BCUT2D eigenvalue weighted by Crippen LogP contribution is 2.46. The van der Waals surface area contributed by atoms with Crippen molar-refractivity contribution in [3.63, 3.8) is 0 Å². The highest BCUT2D eigenvalue weighted by molar-refractivity contribution is 5.38. The first kappa shape index (κ1) is 29.4. The summed E-state index contributed by atoms with van der Waals surface area (Å²) in [6, 6.07) is 0. The predicted molar refractivity (Wildman–Crippen MR) is 153 cm³/mol. The van der Waals surface area contributed by atoms with Gasteiger partial charge in [-0.1, -0.05) is 115 Å². The Morgan fingerprint density at radius 1 is 0.882 bits per heavy atom. The molecule has 1 aliphatic carbocycles. The molecule has 0 aromatic rings. The maximum Gasteiger partial charge on any atom is 0.0642 e. The summed E-state index contributed by atoms with van der Waals surface area (Å²) >= 11 is 0. The second-order valence-corrected chi connectivity index (χ2v) is 10.0. The van der Waals surface area contributed by atoms with Crippen LogP contribution in [0.4, 0.5) is 0 Å². The first-order valence-corrected chi connectivity index (χ1v) is 12.4. The van der Waals surface area contributed by atoms with Gasteiger partial charge in [-0.25, -0.2) is 0 Å². The number of rotatable bonds is 11. The molecule has 1 N–H and O–H groups in total. The van der Waals surface area contributed by atoms with Crippen LogP contribution in [-0.4, -0.2) is 11.7 Å². The van der Waals surface area contributed by atoms with Crippen LogP contribution >= 0.6 is 0 Å². The summed E-state index contributed by atoms with van der Waals surface area (Å²) in [6.45, 7) is 19.3. The van der Waals surface area contributed by atoms with Gasteiger partial charge < -0.3 is 5.11 Å². The van der Waals surface area contributed by atoms with E-state index in [4.69, 9.17) is 5.11 Å². The third kappa shape index (κ3) is 10.5. The summed E-state index contributed by atoms with van der Waals surface area (Å²) in [7, 11) is 0. The largest absolute Gasteiger partial charge is 0.392 e. The summed E-state index contributed by atoms with van der Waals surface area (Å²) in [6.07, 6.45) is 30.8. The quantitative estimate of drug-likeness (QED) is 0.241. The van der Waals surface area contributed by atoms with Gasteiger partial charge in [-0.2, -0.15) is 0 Å². The summed E-state index contributed by atoms with van der Waals surface area (Å²) in [5.41, 5.74) is 7.75. The Morgan fingerprint density at radius 2 is 1.41 bits per heavy atom. The lowest BCUT2D eigenvalue weighted by Crippen LogP contribution is -2.29. The average molecular weight is 459 g/mol. The van der Waals surface area contributed by atoms with E-state index in [9.17, 15) is 0 Å². The fourth-order valence-corrected chi connectivity index (χ4v) is 4.19. The molecule has 0 aliphatic heterocycles. The lowest BCUT2D eigenvalue weighted by atomic mass is 9.64. The molecule has 1 nitrogen and oxygen atoms in total. The molecule has 0 fully saturated rings. The van der Waals surface area contributed by atoms with Crippen LogP contribution in [0.3, 0.4) is 0 Å². The van der Waals surface area contributed by atoms with E-state index in [1.165, 1.54) is 35.1 Å². The van der Waals surface area contributed by atoms with Gasteiger partial charge in [-0.3, -0.25) is 0 Å². The maximum absolute atomic E-state index is 9.00.